The molecule has 0 aliphatic carbocycles. The highest BCUT2D eigenvalue weighted by molar-refractivity contribution is 7.10. The molecule has 172 valence electrons. The number of piperidine rings is 1. The Morgan fingerprint density at radius 3 is 2.31 bits per heavy atom. The maximum Gasteiger partial charge on any atom is 0.234 e. The molecule has 2 saturated heterocycles. The summed E-state index contributed by atoms with van der Waals surface area (Å²) >= 11 is 1.57. The monoisotopic (exact) mass is 457 g/mol. The van der Waals surface area contributed by atoms with E-state index in [2.05, 4.69) is 15.1 Å². The van der Waals surface area contributed by atoms with E-state index >= 15 is 0 Å². The van der Waals surface area contributed by atoms with Gasteiger partial charge in [0, 0.05) is 23.9 Å². The molecule has 0 radical (unpaired) electrons. The standard InChI is InChI=1S/C25H32FN3O2S/c26-21-9-7-19(8-10-21)24(22-6-5-17-32-22)27-23(30)18-28-15-11-20(12-16-28)25(31)29-13-3-1-2-4-14-29/h5-10,17,20,24H,1-4,11-16,18H2,(H,27,30). The molecule has 1 unspecified atom stereocenters. The zero-order valence-corrected chi connectivity index (χ0v) is 19.3. The van der Waals surface area contributed by atoms with Crippen molar-refractivity contribution in [1.82, 2.24) is 15.1 Å². The van der Waals surface area contributed by atoms with Gasteiger partial charge in [-0.15, -0.1) is 11.3 Å². The minimum atomic E-state index is -0.289. The molecule has 1 N–H and O–H groups in total. The van der Waals surface area contributed by atoms with E-state index in [4.69, 9.17) is 0 Å². The predicted octanol–water partition coefficient (Wildman–Crippen LogP) is 4.21. The summed E-state index contributed by atoms with van der Waals surface area (Å²) in [4.78, 5) is 31.0. The Morgan fingerprint density at radius 1 is 1.00 bits per heavy atom. The third kappa shape index (κ3) is 5.95. The summed E-state index contributed by atoms with van der Waals surface area (Å²) in [5.41, 5.74) is 0.865. The highest BCUT2D eigenvalue weighted by Crippen LogP contribution is 2.27. The molecule has 32 heavy (non-hydrogen) atoms. The van der Waals surface area contributed by atoms with Gasteiger partial charge in [0.1, 0.15) is 5.82 Å². The summed E-state index contributed by atoms with van der Waals surface area (Å²) in [7, 11) is 0. The lowest BCUT2D eigenvalue weighted by atomic mass is 9.95. The third-order valence-electron chi connectivity index (χ3n) is 6.56. The summed E-state index contributed by atoms with van der Waals surface area (Å²) in [5.74, 6) is 0.0585. The first-order valence-electron chi connectivity index (χ1n) is 11.7. The normalized spacial score (nSPS) is 19.3. The molecule has 0 spiro atoms. The second kappa shape index (κ2) is 11.1. The van der Waals surface area contributed by atoms with Crippen LogP contribution < -0.4 is 5.32 Å². The molecule has 2 amide bonds. The Bertz CT molecular complexity index is 871. The highest BCUT2D eigenvalue weighted by atomic mass is 32.1. The average Bonchev–Trinajstić information content (AvgIpc) is 3.20. The molecular formula is C25H32FN3O2S. The van der Waals surface area contributed by atoms with Gasteiger partial charge in [0.05, 0.1) is 12.6 Å². The predicted molar refractivity (Wildman–Crippen MR) is 125 cm³/mol. The van der Waals surface area contributed by atoms with Gasteiger partial charge in [-0.3, -0.25) is 14.5 Å². The smallest absolute Gasteiger partial charge is 0.234 e. The lowest BCUT2D eigenvalue weighted by molar-refractivity contribution is -0.137. The van der Waals surface area contributed by atoms with E-state index < -0.39 is 0 Å². The zero-order chi connectivity index (χ0) is 22.3. The second-order valence-corrected chi connectivity index (χ2v) is 9.84. The van der Waals surface area contributed by atoms with Crippen molar-refractivity contribution in [2.45, 2.75) is 44.6 Å². The number of thiophene rings is 1. The quantitative estimate of drug-likeness (QED) is 0.707. The first-order valence-corrected chi connectivity index (χ1v) is 12.6. The Hall–Kier alpha value is -2.25. The summed E-state index contributed by atoms with van der Waals surface area (Å²) in [5, 5.41) is 5.10. The number of nitrogens with zero attached hydrogens (tertiary/aromatic N) is 2. The van der Waals surface area contributed by atoms with Crippen LogP contribution in [0.2, 0.25) is 0 Å². The number of hydrogen-bond donors (Lipinski definition) is 1. The van der Waals surface area contributed by atoms with E-state index in [0.29, 0.717) is 12.5 Å². The number of nitrogens with one attached hydrogen (secondary N) is 1. The van der Waals surface area contributed by atoms with Crippen molar-refractivity contribution in [3.05, 3.63) is 58.0 Å². The maximum absolute atomic E-state index is 13.4. The van der Waals surface area contributed by atoms with Crippen molar-refractivity contribution in [3.63, 3.8) is 0 Å². The molecule has 2 fully saturated rings. The minimum Gasteiger partial charge on any atom is -0.343 e. The van der Waals surface area contributed by atoms with Gasteiger partial charge in [-0.25, -0.2) is 4.39 Å². The Morgan fingerprint density at radius 2 is 1.69 bits per heavy atom. The number of carbonyl (C=O) groups excluding carboxylic acids is 2. The van der Waals surface area contributed by atoms with Gasteiger partial charge in [-0.05, 0) is 67.9 Å². The largest absolute Gasteiger partial charge is 0.343 e. The van der Waals surface area contributed by atoms with Gasteiger partial charge in [0.2, 0.25) is 11.8 Å². The molecule has 2 aromatic rings. The summed E-state index contributed by atoms with van der Waals surface area (Å²) in [6.07, 6.45) is 6.31. The molecule has 2 aliphatic heterocycles. The van der Waals surface area contributed by atoms with E-state index in [0.717, 1.165) is 62.3 Å². The topological polar surface area (TPSA) is 52.7 Å². The Balaban J connectivity index is 1.30. The maximum atomic E-state index is 13.4. The van der Waals surface area contributed by atoms with Crippen molar-refractivity contribution in [2.24, 2.45) is 5.92 Å². The molecule has 7 heteroatoms. The first-order chi connectivity index (χ1) is 15.6. The highest BCUT2D eigenvalue weighted by Gasteiger charge is 2.30. The molecule has 1 atom stereocenters. The minimum absolute atomic E-state index is 0.0509. The van der Waals surface area contributed by atoms with Gasteiger partial charge in [0.25, 0.3) is 0 Å². The van der Waals surface area contributed by atoms with Crippen molar-refractivity contribution in [2.75, 3.05) is 32.7 Å². The summed E-state index contributed by atoms with van der Waals surface area (Å²) in [6, 6.07) is 9.95. The molecule has 1 aromatic heterocycles. The third-order valence-corrected chi connectivity index (χ3v) is 7.50. The molecule has 0 saturated carbocycles. The van der Waals surface area contributed by atoms with Crippen molar-refractivity contribution in [1.29, 1.82) is 0 Å². The van der Waals surface area contributed by atoms with Crippen LogP contribution in [0.4, 0.5) is 4.39 Å². The van der Waals surface area contributed by atoms with Gasteiger partial charge in [0.15, 0.2) is 0 Å². The second-order valence-electron chi connectivity index (χ2n) is 8.86. The molecule has 4 rings (SSSR count). The van der Waals surface area contributed by atoms with Gasteiger partial charge in [-0.1, -0.05) is 31.0 Å². The van der Waals surface area contributed by atoms with Crippen LogP contribution in [0.3, 0.4) is 0 Å². The number of carbonyl (C=O) groups is 2. The summed E-state index contributed by atoms with van der Waals surface area (Å²) in [6.45, 7) is 3.63. The lowest BCUT2D eigenvalue weighted by Gasteiger charge is -2.34. The van der Waals surface area contributed by atoms with Crippen LogP contribution in [0, 0.1) is 11.7 Å². The molecule has 3 heterocycles. The lowest BCUT2D eigenvalue weighted by Crippen LogP contribution is -2.46. The van der Waals surface area contributed by atoms with Crippen LogP contribution in [-0.4, -0.2) is 54.3 Å². The Kier molecular flexibility index (Phi) is 7.92. The van der Waals surface area contributed by atoms with Crippen LogP contribution in [0.1, 0.15) is 55.0 Å². The van der Waals surface area contributed by atoms with E-state index in [-0.39, 0.29) is 23.7 Å². The average molecular weight is 458 g/mol. The van der Waals surface area contributed by atoms with E-state index in [9.17, 15) is 14.0 Å². The van der Waals surface area contributed by atoms with Crippen molar-refractivity contribution < 1.29 is 14.0 Å². The summed E-state index contributed by atoms with van der Waals surface area (Å²) < 4.78 is 13.4. The fourth-order valence-corrected chi connectivity index (χ4v) is 5.53. The number of rotatable bonds is 6. The number of halogens is 1. The number of benzene rings is 1. The van der Waals surface area contributed by atoms with Gasteiger partial charge in [-0.2, -0.15) is 0 Å². The number of likely N-dealkylation sites (tertiary alicyclic amines) is 2. The molecule has 0 bridgehead atoms. The van der Waals surface area contributed by atoms with Crippen molar-refractivity contribution >= 4 is 23.2 Å². The van der Waals surface area contributed by atoms with Gasteiger partial charge >= 0.3 is 0 Å². The van der Waals surface area contributed by atoms with E-state index in [1.807, 2.05) is 17.5 Å². The van der Waals surface area contributed by atoms with E-state index in [1.165, 1.54) is 25.0 Å². The number of amides is 2. The van der Waals surface area contributed by atoms with Gasteiger partial charge < -0.3 is 10.2 Å². The van der Waals surface area contributed by atoms with Crippen LogP contribution in [0.25, 0.3) is 0 Å². The molecule has 1 aromatic carbocycles. The fourth-order valence-electron chi connectivity index (χ4n) is 4.73. The number of hydrogen-bond acceptors (Lipinski definition) is 4. The SMILES string of the molecule is O=C(CN1CCC(C(=O)N2CCCCCC2)CC1)NC(c1ccc(F)cc1)c1cccs1. The zero-order valence-electron chi connectivity index (χ0n) is 18.5. The fraction of sp³-hybridized carbons (Fsp3) is 0.520. The molecular weight excluding hydrogens is 425 g/mol. The van der Waals surface area contributed by atoms with E-state index in [1.54, 1.807) is 23.5 Å². The van der Waals surface area contributed by atoms with Crippen LogP contribution >= 0.6 is 11.3 Å². The first kappa shape index (κ1) is 22.9. The van der Waals surface area contributed by atoms with Crippen LogP contribution in [-0.2, 0) is 9.59 Å². The molecule has 5 nitrogen and oxygen atoms in total. The van der Waals surface area contributed by atoms with Crippen LogP contribution in [0.15, 0.2) is 41.8 Å². The molecule has 2 aliphatic rings. The van der Waals surface area contributed by atoms with Crippen molar-refractivity contribution in [3.8, 4) is 0 Å². The van der Waals surface area contributed by atoms with Crippen LogP contribution in [0.5, 0.6) is 0 Å². The Labute approximate surface area is 193 Å².